The molecule has 7 heteroatoms. The number of para-hydroxylation sites is 1. The molecule has 1 N–H and O–H groups in total. The van der Waals surface area contributed by atoms with Crippen molar-refractivity contribution in [1.82, 2.24) is 9.62 Å². The van der Waals surface area contributed by atoms with Gasteiger partial charge in [0.15, 0.2) is 0 Å². The Morgan fingerprint density at radius 2 is 1.71 bits per heavy atom. The molecule has 0 saturated carbocycles. The Labute approximate surface area is 167 Å². The van der Waals surface area contributed by atoms with Gasteiger partial charge < -0.3 is 10.1 Å². The van der Waals surface area contributed by atoms with Crippen LogP contribution >= 0.6 is 0 Å². The molecule has 0 aliphatic heterocycles. The number of ether oxygens (including phenoxy) is 1. The molecule has 0 radical (unpaired) electrons. The fourth-order valence-electron chi connectivity index (χ4n) is 2.86. The van der Waals surface area contributed by atoms with Gasteiger partial charge in [0.05, 0.1) is 12.0 Å². The zero-order chi connectivity index (χ0) is 20.4. The molecule has 0 heterocycles. The number of aryl methyl sites for hydroxylation is 1. The summed E-state index contributed by atoms with van der Waals surface area (Å²) in [5.41, 5.74) is 1.12. The zero-order valence-corrected chi connectivity index (χ0v) is 17.2. The van der Waals surface area contributed by atoms with Crippen molar-refractivity contribution in [1.29, 1.82) is 0 Å². The first-order valence-corrected chi connectivity index (χ1v) is 10.8. The Kier molecular flexibility index (Phi) is 8.47. The maximum Gasteiger partial charge on any atom is 0.242 e. The van der Waals surface area contributed by atoms with E-state index in [4.69, 9.17) is 4.74 Å². The number of benzene rings is 2. The van der Waals surface area contributed by atoms with E-state index in [0.717, 1.165) is 24.2 Å². The number of carbonyl (C=O) groups is 1. The Hall–Kier alpha value is -2.38. The molecule has 0 atom stereocenters. The van der Waals surface area contributed by atoms with Crippen LogP contribution in [0.5, 0.6) is 5.75 Å². The van der Waals surface area contributed by atoms with Crippen LogP contribution in [0, 0.1) is 0 Å². The summed E-state index contributed by atoms with van der Waals surface area (Å²) in [5, 5.41) is 2.89. The Morgan fingerprint density at radius 3 is 2.43 bits per heavy atom. The van der Waals surface area contributed by atoms with Crippen molar-refractivity contribution in [2.75, 3.05) is 27.2 Å². The zero-order valence-electron chi connectivity index (χ0n) is 16.4. The smallest absolute Gasteiger partial charge is 0.242 e. The summed E-state index contributed by atoms with van der Waals surface area (Å²) in [7, 11) is -0.322. The molecule has 0 aromatic heterocycles. The van der Waals surface area contributed by atoms with E-state index < -0.39 is 10.0 Å². The van der Waals surface area contributed by atoms with E-state index in [1.54, 1.807) is 37.4 Å². The Bertz CT molecular complexity index is 854. The van der Waals surface area contributed by atoms with Gasteiger partial charge in [-0.3, -0.25) is 4.79 Å². The normalized spacial score (nSPS) is 11.4. The van der Waals surface area contributed by atoms with E-state index >= 15 is 0 Å². The molecule has 0 fully saturated rings. The minimum Gasteiger partial charge on any atom is -0.496 e. The maximum absolute atomic E-state index is 12.4. The van der Waals surface area contributed by atoms with E-state index in [9.17, 15) is 13.2 Å². The molecule has 6 nitrogen and oxygen atoms in total. The van der Waals surface area contributed by atoms with Gasteiger partial charge >= 0.3 is 0 Å². The molecule has 152 valence electrons. The number of amides is 1. The molecule has 2 aromatic rings. The van der Waals surface area contributed by atoms with Crippen LogP contribution in [0.25, 0.3) is 0 Å². The summed E-state index contributed by atoms with van der Waals surface area (Å²) in [4.78, 5) is 12.2. The van der Waals surface area contributed by atoms with Gasteiger partial charge in [0.2, 0.25) is 15.9 Å². The second-order valence-electron chi connectivity index (χ2n) is 6.51. The first-order chi connectivity index (χ1) is 13.4. The summed E-state index contributed by atoms with van der Waals surface area (Å²) in [6, 6.07) is 16.1. The lowest BCUT2D eigenvalue weighted by molar-refractivity contribution is -0.121. The highest BCUT2D eigenvalue weighted by atomic mass is 32.2. The largest absolute Gasteiger partial charge is 0.496 e. The van der Waals surface area contributed by atoms with Crippen LogP contribution in [0.2, 0.25) is 0 Å². The molecular formula is C21H28N2O4S. The molecule has 0 spiro atoms. The fourth-order valence-corrected chi connectivity index (χ4v) is 4.09. The number of nitrogens with zero attached hydrogens (tertiary/aromatic N) is 1. The van der Waals surface area contributed by atoms with Crippen molar-refractivity contribution < 1.29 is 17.9 Å². The molecular weight excluding hydrogens is 376 g/mol. The topological polar surface area (TPSA) is 75.7 Å². The first-order valence-electron chi connectivity index (χ1n) is 9.35. The van der Waals surface area contributed by atoms with Crippen molar-refractivity contribution in [2.45, 2.75) is 30.6 Å². The SMILES string of the molecule is COc1ccccc1CCCNC(=O)CCCN(C)S(=O)(=O)c1ccccc1. The number of hydrogen-bond donors (Lipinski definition) is 1. The number of methoxy groups -OCH3 is 1. The molecule has 1 amide bonds. The molecule has 28 heavy (non-hydrogen) atoms. The molecule has 0 saturated heterocycles. The summed E-state index contributed by atoms with van der Waals surface area (Å²) in [6.07, 6.45) is 2.40. The lowest BCUT2D eigenvalue weighted by Gasteiger charge is -2.17. The van der Waals surface area contributed by atoms with Crippen LogP contribution in [0.1, 0.15) is 24.8 Å². The van der Waals surface area contributed by atoms with Crippen molar-refractivity contribution in [3.63, 3.8) is 0 Å². The minimum absolute atomic E-state index is 0.0643. The second kappa shape index (κ2) is 10.8. The molecule has 0 bridgehead atoms. The highest BCUT2D eigenvalue weighted by Crippen LogP contribution is 2.18. The van der Waals surface area contributed by atoms with Crippen LogP contribution < -0.4 is 10.1 Å². The first kappa shape index (κ1) is 21.9. The van der Waals surface area contributed by atoms with Crippen LogP contribution in [-0.2, 0) is 21.2 Å². The van der Waals surface area contributed by atoms with E-state index in [-0.39, 0.29) is 10.8 Å². The third kappa shape index (κ3) is 6.35. The van der Waals surface area contributed by atoms with Gasteiger partial charge in [-0.05, 0) is 43.0 Å². The predicted molar refractivity (Wildman–Crippen MR) is 110 cm³/mol. The van der Waals surface area contributed by atoms with Gasteiger partial charge in [-0.1, -0.05) is 36.4 Å². The summed E-state index contributed by atoms with van der Waals surface area (Å²) in [6.45, 7) is 0.876. The third-order valence-electron chi connectivity index (χ3n) is 4.47. The number of carbonyl (C=O) groups excluding carboxylic acids is 1. The molecule has 2 aromatic carbocycles. The number of nitrogens with one attached hydrogen (secondary N) is 1. The van der Waals surface area contributed by atoms with E-state index in [1.807, 2.05) is 24.3 Å². The number of rotatable bonds is 11. The number of sulfonamides is 1. The summed E-state index contributed by atoms with van der Waals surface area (Å²) in [5.74, 6) is 0.794. The van der Waals surface area contributed by atoms with Crippen LogP contribution in [0.15, 0.2) is 59.5 Å². The van der Waals surface area contributed by atoms with E-state index in [2.05, 4.69) is 5.32 Å². The van der Waals surface area contributed by atoms with Gasteiger partial charge in [-0.25, -0.2) is 12.7 Å². The monoisotopic (exact) mass is 404 g/mol. The van der Waals surface area contributed by atoms with E-state index in [0.29, 0.717) is 25.9 Å². The van der Waals surface area contributed by atoms with Gasteiger partial charge in [0.25, 0.3) is 0 Å². The average Bonchev–Trinajstić information content (AvgIpc) is 2.72. The predicted octanol–water partition coefficient (Wildman–Crippen LogP) is 2.84. The van der Waals surface area contributed by atoms with Crippen LogP contribution in [0.3, 0.4) is 0 Å². The molecule has 0 unspecified atom stereocenters. The van der Waals surface area contributed by atoms with Crippen LogP contribution in [-0.4, -0.2) is 45.9 Å². The standard InChI is InChI=1S/C21H28N2O4S/c1-23(28(25,26)19-12-4-3-5-13-19)17-9-15-21(24)22-16-8-11-18-10-6-7-14-20(18)27-2/h3-7,10,12-14H,8-9,11,15-17H2,1-2H3,(H,22,24). The fraction of sp³-hybridized carbons (Fsp3) is 0.381. The van der Waals surface area contributed by atoms with Crippen molar-refractivity contribution in [3.05, 3.63) is 60.2 Å². The lowest BCUT2D eigenvalue weighted by atomic mass is 10.1. The molecule has 0 aliphatic carbocycles. The van der Waals surface area contributed by atoms with Crippen molar-refractivity contribution in [3.8, 4) is 5.75 Å². The lowest BCUT2D eigenvalue weighted by Crippen LogP contribution is -2.30. The Morgan fingerprint density at radius 1 is 1.04 bits per heavy atom. The second-order valence-corrected chi connectivity index (χ2v) is 8.55. The highest BCUT2D eigenvalue weighted by molar-refractivity contribution is 7.89. The van der Waals surface area contributed by atoms with Gasteiger partial charge in [0, 0.05) is 26.6 Å². The van der Waals surface area contributed by atoms with Gasteiger partial charge in [-0.15, -0.1) is 0 Å². The van der Waals surface area contributed by atoms with Crippen molar-refractivity contribution in [2.24, 2.45) is 0 Å². The van der Waals surface area contributed by atoms with Gasteiger partial charge in [-0.2, -0.15) is 0 Å². The quantitative estimate of drug-likeness (QED) is 0.585. The molecule has 0 aliphatic rings. The summed E-state index contributed by atoms with van der Waals surface area (Å²) >= 11 is 0. The molecule has 2 rings (SSSR count). The average molecular weight is 405 g/mol. The van der Waals surface area contributed by atoms with Crippen molar-refractivity contribution >= 4 is 15.9 Å². The highest BCUT2D eigenvalue weighted by Gasteiger charge is 2.19. The Balaban J connectivity index is 1.67. The van der Waals surface area contributed by atoms with Gasteiger partial charge in [0.1, 0.15) is 5.75 Å². The third-order valence-corrected chi connectivity index (χ3v) is 6.34. The maximum atomic E-state index is 12.4. The minimum atomic E-state index is -3.51. The summed E-state index contributed by atoms with van der Waals surface area (Å²) < 4.78 is 31.4. The van der Waals surface area contributed by atoms with Crippen LogP contribution in [0.4, 0.5) is 0 Å². The number of hydrogen-bond acceptors (Lipinski definition) is 4. The van der Waals surface area contributed by atoms with E-state index in [1.165, 1.54) is 11.4 Å².